The molecule has 0 saturated heterocycles. The minimum atomic E-state index is -0.189. The van der Waals surface area contributed by atoms with E-state index in [1.165, 1.54) is 5.70 Å². The Bertz CT molecular complexity index is 814. The number of hydrogen-bond donors (Lipinski definition) is 0. The fourth-order valence-corrected chi connectivity index (χ4v) is 3.36. The van der Waals surface area contributed by atoms with Crippen LogP contribution in [0.2, 0.25) is 0 Å². The number of benzene rings is 3. The van der Waals surface area contributed by atoms with Crippen molar-refractivity contribution in [1.82, 2.24) is 0 Å². The molecule has 3 aromatic carbocycles. The van der Waals surface area contributed by atoms with Gasteiger partial charge in [-0.3, -0.25) is 0 Å². The lowest BCUT2D eigenvalue weighted by Gasteiger charge is -2.30. The molecule has 0 fully saturated rings. The van der Waals surface area contributed by atoms with Gasteiger partial charge in [0.2, 0.25) is 0 Å². The first-order valence-electron chi connectivity index (χ1n) is 9.53. The number of rotatable bonds is 7. The second kappa shape index (κ2) is 9.18. The van der Waals surface area contributed by atoms with Crippen molar-refractivity contribution in [3.63, 3.8) is 0 Å². The van der Waals surface area contributed by atoms with Crippen molar-refractivity contribution in [3.8, 4) is 0 Å². The minimum absolute atomic E-state index is 0.189. The van der Waals surface area contributed by atoms with Crippen molar-refractivity contribution in [1.29, 1.82) is 0 Å². The summed E-state index contributed by atoms with van der Waals surface area (Å²) in [5.74, 6) is 0.101. The van der Waals surface area contributed by atoms with Crippen LogP contribution in [0.3, 0.4) is 0 Å². The third kappa shape index (κ3) is 4.85. The largest absolute Gasteiger partial charge is 0.315 e. The van der Waals surface area contributed by atoms with Crippen LogP contribution in [0.15, 0.2) is 96.7 Å². The zero-order valence-electron chi connectivity index (χ0n) is 16.0. The van der Waals surface area contributed by atoms with Crippen LogP contribution in [0.25, 0.3) is 0 Å². The standard InChI is InChI=1S/C25H26FN/c1-3-10-25(19-20(2)21-15-17-22(26)18-16-21)27(23-11-6-4-7-12-23)24-13-8-5-9-14-24/h4-18,20H,3,19H2,1-2H3/b25-10+. The van der Waals surface area contributed by atoms with Crippen molar-refractivity contribution >= 4 is 11.4 Å². The van der Waals surface area contributed by atoms with E-state index in [-0.39, 0.29) is 5.82 Å². The maximum atomic E-state index is 13.3. The molecule has 1 unspecified atom stereocenters. The third-order valence-corrected chi connectivity index (χ3v) is 4.71. The van der Waals surface area contributed by atoms with Gasteiger partial charge in [0, 0.05) is 17.1 Å². The lowest BCUT2D eigenvalue weighted by Crippen LogP contribution is -2.18. The Kier molecular flexibility index (Phi) is 6.43. The van der Waals surface area contributed by atoms with Gasteiger partial charge < -0.3 is 4.90 Å². The molecule has 1 atom stereocenters. The minimum Gasteiger partial charge on any atom is -0.315 e. The molecule has 0 aromatic heterocycles. The lowest BCUT2D eigenvalue weighted by atomic mass is 9.95. The van der Waals surface area contributed by atoms with E-state index >= 15 is 0 Å². The van der Waals surface area contributed by atoms with Gasteiger partial charge >= 0.3 is 0 Å². The Morgan fingerprint density at radius 3 is 1.85 bits per heavy atom. The molecule has 3 rings (SSSR count). The number of anilines is 2. The van der Waals surface area contributed by atoms with E-state index in [0.717, 1.165) is 29.8 Å². The summed E-state index contributed by atoms with van der Waals surface area (Å²) in [5, 5.41) is 0. The smallest absolute Gasteiger partial charge is 0.123 e. The molecule has 0 heterocycles. The number of para-hydroxylation sites is 2. The van der Waals surface area contributed by atoms with E-state index in [4.69, 9.17) is 0 Å². The second-order valence-electron chi connectivity index (χ2n) is 6.77. The van der Waals surface area contributed by atoms with Crippen LogP contribution in [-0.4, -0.2) is 0 Å². The topological polar surface area (TPSA) is 3.24 Å². The van der Waals surface area contributed by atoms with Crippen LogP contribution in [-0.2, 0) is 0 Å². The molecule has 0 aliphatic carbocycles. The molecule has 2 heteroatoms. The van der Waals surface area contributed by atoms with Gasteiger partial charge in [0.05, 0.1) is 0 Å². The van der Waals surface area contributed by atoms with Crippen molar-refractivity contribution in [2.75, 3.05) is 4.90 Å². The molecule has 0 N–H and O–H groups in total. The van der Waals surface area contributed by atoms with Crippen LogP contribution in [0.5, 0.6) is 0 Å². The summed E-state index contributed by atoms with van der Waals surface area (Å²) in [6.07, 6.45) is 4.13. The second-order valence-corrected chi connectivity index (χ2v) is 6.77. The Morgan fingerprint density at radius 1 is 0.852 bits per heavy atom. The van der Waals surface area contributed by atoms with Gasteiger partial charge in [-0.15, -0.1) is 0 Å². The summed E-state index contributed by atoms with van der Waals surface area (Å²) in [5.41, 5.74) is 4.70. The predicted octanol–water partition coefficient (Wildman–Crippen LogP) is 7.45. The highest BCUT2D eigenvalue weighted by Crippen LogP contribution is 2.34. The highest BCUT2D eigenvalue weighted by Gasteiger charge is 2.17. The summed E-state index contributed by atoms with van der Waals surface area (Å²) >= 11 is 0. The van der Waals surface area contributed by atoms with E-state index in [2.05, 4.69) is 73.4 Å². The zero-order chi connectivity index (χ0) is 19.1. The normalized spacial score (nSPS) is 12.6. The van der Waals surface area contributed by atoms with Gasteiger partial charge in [-0.2, -0.15) is 0 Å². The molecule has 138 valence electrons. The summed E-state index contributed by atoms with van der Waals surface area (Å²) in [6, 6.07) is 27.8. The molecule has 0 aliphatic rings. The van der Waals surface area contributed by atoms with Gasteiger partial charge in [-0.25, -0.2) is 4.39 Å². The van der Waals surface area contributed by atoms with Crippen LogP contribution in [0.4, 0.5) is 15.8 Å². The van der Waals surface area contributed by atoms with Gasteiger partial charge in [0.1, 0.15) is 5.82 Å². The van der Waals surface area contributed by atoms with Gasteiger partial charge in [0.25, 0.3) is 0 Å². The van der Waals surface area contributed by atoms with Gasteiger partial charge in [-0.1, -0.05) is 68.5 Å². The first-order valence-corrected chi connectivity index (χ1v) is 9.53. The number of halogens is 1. The first kappa shape index (κ1) is 18.9. The van der Waals surface area contributed by atoms with Crippen LogP contribution < -0.4 is 4.90 Å². The third-order valence-electron chi connectivity index (χ3n) is 4.71. The fraction of sp³-hybridized carbons (Fsp3) is 0.200. The summed E-state index contributed by atoms with van der Waals surface area (Å²) in [6.45, 7) is 4.36. The van der Waals surface area contributed by atoms with E-state index in [9.17, 15) is 4.39 Å². The molecular weight excluding hydrogens is 333 g/mol. The van der Waals surface area contributed by atoms with Crippen molar-refractivity contribution in [2.45, 2.75) is 32.6 Å². The Morgan fingerprint density at radius 2 is 1.37 bits per heavy atom. The Labute approximate surface area is 161 Å². The van der Waals surface area contributed by atoms with Crippen molar-refractivity contribution < 1.29 is 4.39 Å². The van der Waals surface area contributed by atoms with E-state index in [1.807, 2.05) is 24.3 Å². The number of allylic oxidation sites excluding steroid dienone is 2. The lowest BCUT2D eigenvalue weighted by molar-refractivity contribution is 0.625. The van der Waals surface area contributed by atoms with Crippen LogP contribution >= 0.6 is 0 Å². The van der Waals surface area contributed by atoms with E-state index < -0.39 is 0 Å². The van der Waals surface area contributed by atoms with E-state index in [0.29, 0.717) is 5.92 Å². The van der Waals surface area contributed by atoms with Crippen LogP contribution in [0, 0.1) is 5.82 Å². The maximum Gasteiger partial charge on any atom is 0.123 e. The molecular formula is C25H26FN. The summed E-state index contributed by atoms with van der Waals surface area (Å²) < 4.78 is 13.3. The molecule has 0 spiro atoms. The summed E-state index contributed by atoms with van der Waals surface area (Å²) in [4.78, 5) is 2.32. The van der Waals surface area contributed by atoms with E-state index in [1.54, 1.807) is 12.1 Å². The predicted molar refractivity (Wildman–Crippen MR) is 113 cm³/mol. The Balaban J connectivity index is 1.96. The van der Waals surface area contributed by atoms with Crippen LogP contribution in [0.1, 0.15) is 38.2 Å². The monoisotopic (exact) mass is 359 g/mol. The summed E-state index contributed by atoms with van der Waals surface area (Å²) in [7, 11) is 0. The van der Waals surface area contributed by atoms with Crippen molar-refractivity contribution in [2.24, 2.45) is 0 Å². The highest BCUT2D eigenvalue weighted by molar-refractivity contribution is 5.68. The van der Waals surface area contributed by atoms with Gasteiger partial charge in [-0.05, 0) is 60.7 Å². The van der Waals surface area contributed by atoms with Crippen molar-refractivity contribution in [3.05, 3.63) is 108 Å². The molecule has 1 nitrogen and oxygen atoms in total. The number of nitrogens with zero attached hydrogens (tertiary/aromatic N) is 1. The molecule has 3 aromatic rings. The quantitative estimate of drug-likeness (QED) is 0.423. The molecule has 0 radical (unpaired) electrons. The molecule has 0 amide bonds. The highest BCUT2D eigenvalue weighted by atomic mass is 19.1. The molecule has 0 saturated carbocycles. The Hall–Kier alpha value is -2.87. The fourth-order valence-electron chi connectivity index (χ4n) is 3.36. The average molecular weight is 359 g/mol. The maximum absolute atomic E-state index is 13.3. The molecule has 27 heavy (non-hydrogen) atoms. The zero-order valence-corrected chi connectivity index (χ0v) is 16.0. The van der Waals surface area contributed by atoms with Gasteiger partial charge in [0.15, 0.2) is 0 Å². The number of hydrogen-bond acceptors (Lipinski definition) is 1. The molecule has 0 aliphatic heterocycles. The molecule has 0 bridgehead atoms. The SMILES string of the molecule is CC/C=C(\CC(C)c1ccc(F)cc1)N(c1ccccc1)c1ccccc1. The first-order chi connectivity index (χ1) is 13.2. The average Bonchev–Trinajstić information content (AvgIpc) is 2.70.